The number of aromatic nitrogens is 5. The van der Waals surface area contributed by atoms with E-state index in [0.717, 1.165) is 0 Å². The number of nitrogens with one attached hydrogen (secondary N) is 2. The lowest BCUT2D eigenvalue weighted by molar-refractivity contribution is -0.117. The van der Waals surface area contributed by atoms with E-state index in [9.17, 15) is 13.6 Å². The molecule has 33 heavy (non-hydrogen) atoms. The van der Waals surface area contributed by atoms with Gasteiger partial charge < -0.3 is 14.6 Å². The fourth-order valence-electron chi connectivity index (χ4n) is 4.31. The zero-order chi connectivity index (χ0) is 22.9. The fraction of sp³-hybridized carbons (Fsp3) is 0.333. The molecule has 1 aliphatic heterocycles. The molecular weight excluding hydrogens is 459 g/mol. The molecule has 1 saturated heterocycles. The lowest BCUT2D eigenvalue weighted by Gasteiger charge is -2.21. The standard InChI is InChI=1S/C21H17ClF3N7O/c22-17-16(11-4-27-30-19(11)20(18(17)25)31-2-1-9(23)6-31)13-7-32-8-14(28-15(32)5-26-13)29-21(33)10-3-12(10)24/h4-5,7-10,12H,1-3,6H2,(H,27,30)(H,29,33)/t9?,10-,12+/m1/s1. The molecule has 4 heterocycles. The number of fused-ring (bicyclic) bond motifs is 2. The second-order valence-electron chi connectivity index (χ2n) is 8.35. The summed E-state index contributed by atoms with van der Waals surface area (Å²) in [5.74, 6) is -1.48. The molecule has 1 amide bonds. The highest BCUT2D eigenvalue weighted by Crippen LogP contribution is 2.43. The summed E-state index contributed by atoms with van der Waals surface area (Å²) in [7, 11) is 0. The van der Waals surface area contributed by atoms with Gasteiger partial charge in [0, 0.05) is 30.2 Å². The predicted octanol–water partition coefficient (Wildman–Crippen LogP) is 3.91. The van der Waals surface area contributed by atoms with Gasteiger partial charge in [0.25, 0.3) is 0 Å². The Balaban J connectivity index is 1.41. The smallest absolute Gasteiger partial charge is 0.231 e. The Morgan fingerprint density at radius 2 is 2.09 bits per heavy atom. The van der Waals surface area contributed by atoms with Crippen LogP contribution in [0, 0.1) is 11.7 Å². The molecule has 1 aliphatic carbocycles. The van der Waals surface area contributed by atoms with E-state index in [1.54, 1.807) is 21.7 Å². The van der Waals surface area contributed by atoms with Crippen molar-refractivity contribution in [2.75, 3.05) is 23.3 Å². The van der Waals surface area contributed by atoms with E-state index in [0.29, 0.717) is 40.8 Å². The SMILES string of the molecule is O=C(Nc1cn2cc(-c3c(Cl)c(F)c(N4CCC(F)C4)c4[nH]ncc34)ncc2n1)[C@@H]1C[C@@H]1F. The van der Waals surface area contributed by atoms with Crippen molar-refractivity contribution < 1.29 is 18.0 Å². The van der Waals surface area contributed by atoms with Crippen LogP contribution in [-0.2, 0) is 4.79 Å². The third-order valence-corrected chi connectivity index (χ3v) is 6.47. The summed E-state index contributed by atoms with van der Waals surface area (Å²) in [5, 5.41) is 9.85. The highest BCUT2D eigenvalue weighted by molar-refractivity contribution is 6.36. The molecule has 2 aliphatic rings. The Bertz CT molecular complexity index is 1420. The highest BCUT2D eigenvalue weighted by Gasteiger charge is 2.43. The third-order valence-electron chi connectivity index (χ3n) is 6.11. The first-order valence-corrected chi connectivity index (χ1v) is 10.8. The van der Waals surface area contributed by atoms with Crippen LogP contribution in [0.4, 0.5) is 24.7 Å². The van der Waals surface area contributed by atoms with E-state index < -0.39 is 30.0 Å². The summed E-state index contributed by atoms with van der Waals surface area (Å²) in [6, 6.07) is 0. The number of hydrogen-bond donors (Lipinski definition) is 2. The van der Waals surface area contributed by atoms with Crippen molar-refractivity contribution in [2.24, 2.45) is 5.92 Å². The number of rotatable bonds is 4. The average molecular weight is 476 g/mol. The Labute approximate surface area is 189 Å². The molecule has 170 valence electrons. The van der Waals surface area contributed by atoms with Gasteiger partial charge in [-0.05, 0) is 12.8 Å². The number of benzene rings is 1. The number of aromatic amines is 1. The maximum absolute atomic E-state index is 15.4. The lowest BCUT2D eigenvalue weighted by atomic mass is 10.0. The van der Waals surface area contributed by atoms with Gasteiger partial charge in [0.1, 0.15) is 18.0 Å². The van der Waals surface area contributed by atoms with Crippen molar-refractivity contribution in [3.05, 3.63) is 35.6 Å². The van der Waals surface area contributed by atoms with Crippen LogP contribution < -0.4 is 10.2 Å². The van der Waals surface area contributed by atoms with Crippen molar-refractivity contribution in [2.45, 2.75) is 25.2 Å². The van der Waals surface area contributed by atoms with Crippen molar-refractivity contribution in [3.63, 3.8) is 0 Å². The second-order valence-corrected chi connectivity index (χ2v) is 8.73. The molecule has 0 bridgehead atoms. The van der Waals surface area contributed by atoms with Gasteiger partial charge in [-0.3, -0.25) is 14.9 Å². The van der Waals surface area contributed by atoms with E-state index in [-0.39, 0.29) is 29.5 Å². The molecular formula is C21H17ClF3N7O. The number of anilines is 2. The Morgan fingerprint density at radius 3 is 2.82 bits per heavy atom. The first-order valence-electron chi connectivity index (χ1n) is 10.4. The number of nitrogens with zero attached hydrogens (tertiary/aromatic N) is 5. The minimum atomic E-state index is -1.11. The predicted molar refractivity (Wildman–Crippen MR) is 116 cm³/mol. The van der Waals surface area contributed by atoms with E-state index >= 15 is 4.39 Å². The van der Waals surface area contributed by atoms with E-state index in [4.69, 9.17) is 11.6 Å². The third kappa shape index (κ3) is 3.29. The van der Waals surface area contributed by atoms with Crippen LogP contribution in [0.25, 0.3) is 27.8 Å². The molecule has 3 aromatic heterocycles. The zero-order valence-electron chi connectivity index (χ0n) is 17.0. The van der Waals surface area contributed by atoms with Crippen LogP contribution in [0.3, 0.4) is 0 Å². The van der Waals surface area contributed by atoms with Gasteiger partial charge in [-0.25, -0.2) is 18.2 Å². The van der Waals surface area contributed by atoms with Crippen molar-refractivity contribution >= 4 is 45.6 Å². The minimum absolute atomic E-state index is 0.0818. The number of carbonyl (C=O) groups is 1. The first kappa shape index (κ1) is 20.3. The molecule has 3 atom stereocenters. The van der Waals surface area contributed by atoms with Crippen LogP contribution >= 0.6 is 11.6 Å². The molecule has 0 spiro atoms. The molecule has 1 saturated carbocycles. The number of amides is 1. The summed E-state index contributed by atoms with van der Waals surface area (Å²) < 4.78 is 43.9. The number of halogens is 4. The Hall–Kier alpha value is -3.34. The van der Waals surface area contributed by atoms with Gasteiger partial charge >= 0.3 is 0 Å². The number of hydrogen-bond acceptors (Lipinski definition) is 5. The topological polar surface area (TPSA) is 91.2 Å². The van der Waals surface area contributed by atoms with E-state index in [1.165, 1.54) is 12.4 Å². The summed E-state index contributed by atoms with van der Waals surface area (Å²) >= 11 is 6.47. The quantitative estimate of drug-likeness (QED) is 0.467. The molecule has 12 heteroatoms. The van der Waals surface area contributed by atoms with E-state index in [2.05, 4.69) is 25.5 Å². The van der Waals surface area contributed by atoms with Crippen LogP contribution in [0.1, 0.15) is 12.8 Å². The van der Waals surface area contributed by atoms with Crippen LogP contribution in [0.15, 0.2) is 24.8 Å². The second kappa shape index (κ2) is 7.34. The molecule has 1 aromatic carbocycles. The maximum atomic E-state index is 15.4. The largest absolute Gasteiger partial charge is 0.364 e. The van der Waals surface area contributed by atoms with E-state index in [1.807, 2.05) is 0 Å². The molecule has 6 rings (SSSR count). The average Bonchev–Trinajstić information content (AvgIpc) is 3.16. The number of carbonyl (C=O) groups excluding carboxylic acids is 1. The number of alkyl halides is 2. The van der Waals surface area contributed by atoms with Crippen LogP contribution in [0.2, 0.25) is 5.02 Å². The van der Waals surface area contributed by atoms with Crippen molar-refractivity contribution in [1.29, 1.82) is 0 Å². The van der Waals surface area contributed by atoms with Gasteiger partial charge in [0.2, 0.25) is 5.91 Å². The Kier molecular flexibility index (Phi) is 4.51. The summed E-state index contributed by atoms with van der Waals surface area (Å²) in [6.45, 7) is 0.456. The zero-order valence-corrected chi connectivity index (χ0v) is 17.8. The fourth-order valence-corrected chi connectivity index (χ4v) is 4.60. The van der Waals surface area contributed by atoms with Gasteiger partial charge in [0.05, 0.1) is 40.7 Å². The summed E-state index contributed by atoms with van der Waals surface area (Å²) in [6.07, 6.45) is 4.55. The molecule has 2 N–H and O–H groups in total. The minimum Gasteiger partial charge on any atom is -0.364 e. The summed E-state index contributed by atoms with van der Waals surface area (Å²) in [4.78, 5) is 22.3. The van der Waals surface area contributed by atoms with Crippen molar-refractivity contribution in [3.8, 4) is 11.3 Å². The normalized spacial score (nSPS) is 22.4. The van der Waals surface area contributed by atoms with Crippen LogP contribution in [0.5, 0.6) is 0 Å². The molecule has 1 unspecified atom stereocenters. The van der Waals surface area contributed by atoms with Crippen LogP contribution in [-0.4, -0.2) is 55.9 Å². The number of imidazole rings is 1. The maximum Gasteiger partial charge on any atom is 0.231 e. The molecule has 0 radical (unpaired) electrons. The molecule has 8 nitrogen and oxygen atoms in total. The van der Waals surface area contributed by atoms with Gasteiger partial charge in [0.15, 0.2) is 17.3 Å². The van der Waals surface area contributed by atoms with Crippen molar-refractivity contribution in [1.82, 2.24) is 24.6 Å². The lowest BCUT2D eigenvalue weighted by Crippen LogP contribution is -2.22. The number of H-pyrrole nitrogens is 1. The van der Waals surface area contributed by atoms with Gasteiger partial charge in [-0.15, -0.1) is 0 Å². The monoisotopic (exact) mass is 475 g/mol. The highest BCUT2D eigenvalue weighted by atomic mass is 35.5. The first-order chi connectivity index (χ1) is 15.9. The molecule has 2 fully saturated rings. The molecule has 4 aromatic rings. The van der Waals surface area contributed by atoms with Gasteiger partial charge in [-0.1, -0.05) is 11.6 Å². The Morgan fingerprint density at radius 1 is 1.27 bits per heavy atom. The summed E-state index contributed by atoms with van der Waals surface area (Å²) in [5.41, 5.74) is 1.72. The van der Waals surface area contributed by atoms with Gasteiger partial charge in [-0.2, -0.15) is 5.10 Å².